The van der Waals surface area contributed by atoms with Crippen molar-refractivity contribution in [1.29, 1.82) is 0 Å². The van der Waals surface area contributed by atoms with Gasteiger partial charge in [0.15, 0.2) is 0 Å². The van der Waals surface area contributed by atoms with Crippen LogP contribution in [0.4, 0.5) is 0 Å². The average Bonchev–Trinajstić information content (AvgIpc) is 3.23. The average molecular weight is 334 g/mol. The van der Waals surface area contributed by atoms with E-state index in [2.05, 4.69) is 15.2 Å². The van der Waals surface area contributed by atoms with Crippen LogP contribution in [-0.2, 0) is 9.59 Å². The van der Waals surface area contributed by atoms with E-state index < -0.39 is 0 Å². The molecule has 23 heavy (non-hydrogen) atoms. The minimum absolute atomic E-state index is 0.00716. The second kappa shape index (κ2) is 7.23. The summed E-state index contributed by atoms with van der Waals surface area (Å²) in [6, 6.07) is 0.266. The molecule has 1 aromatic heterocycles. The molecule has 1 aliphatic carbocycles. The fourth-order valence-corrected chi connectivity index (χ4v) is 3.13. The first kappa shape index (κ1) is 16.1. The van der Waals surface area contributed by atoms with Crippen LogP contribution in [-0.4, -0.2) is 64.9 Å². The topological polar surface area (TPSA) is 65.5 Å². The molecule has 1 atom stereocenters. The maximum Gasteiger partial charge on any atom is 0.246 e. The maximum atomic E-state index is 12.2. The summed E-state index contributed by atoms with van der Waals surface area (Å²) in [6.07, 6.45) is 5.53. The van der Waals surface area contributed by atoms with Gasteiger partial charge in [0.05, 0.1) is 17.2 Å². The number of carbonyl (C=O) groups excluding carboxylic acids is 2. The number of thiazole rings is 1. The van der Waals surface area contributed by atoms with Gasteiger partial charge in [0.1, 0.15) is 0 Å². The number of hydrogen-bond donors (Lipinski definition) is 1. The van der Waals surface area contributed by atoms with Gasteiger partial charge in [0, 0.05) is 43.7 Å². The molecule has 1 saturated carbocycles. The van der Waals surface area contributed by atoms with Crippen molar-refractivity contribution >= 4 is 29.2 Å². The highest BCUT2D eigenvalue weighted by atomic mass is 32.1. The molecule has 2 fully saturated rings. The summed E-state index contributed by atoms with van der Waals surface area (Å²) in [4.78, 5) is 32.4. The lowest BCUT2D eigenvalue weighted by Gasteiger charge is -2.37. The lowest BCUT2D eigenvalue weighted by molar-refractivity contribution is -0.130. The molecule has 2 amide bonds. The Morgan fingerprint density at radius 3 is 2.70 bits per heavy atom. The molecular formula is C16H22N4O2S. The van der Waals surface area contributed by atoms with Crippen molar-refractivity contribution in [1.82, 2.24) is 20.1 Å². The minimum atomic E-state index is -0.126. The largest absolute Gasteiger partial charge is 0.352 e. The second-order valence-electron chi connectivity index (χ2n) is 6.07. The summed E-state index contributed by atoms with van der Waals surface area (Å²) >= 11 is 1.51. The molecule has 0 unspecified atom stereocenters. The van der Waals surface area contributed by atoms with Crippen LogP contribution in [0.25, 0.3) is 6.08 Å². The molecule has 1 saturated heterocycles. The first-order valence-electron chi connectivity index (χ1n) is 8.03. The zero-order valence-corrected chi connectivity index (χ0v) is 14.1. The third-order valence-corrected chi connectivity index (χ3v) is 4.93. The van der Waals surface area contributed by atoms with E-state index in [0.717, 1.165) is 31.6 Å². The molecule has 2 aliphatic rings. The maximum absolute atomic E-state index is 12.2. The van der Waals surface area contributed by atoms with Crippen molar-refractivity contribution in [3.8, 4) is 0 Å². The van der Waals surface area contributed by atoms with Crippen molar-refractivity contribution in [3.05, 3.63) is 22.7 Å². The van der Waals surface area contributed by atoms with Crippen LogP contribution in [0.2, 0.25) is 0 Å². The Labute approximate surface area is 140 Å². The number of piperazine rings is 1. The van der Waals surface area contributed by atoms with Crippen LogP contribution >= 0.6 is 11.3 Å². The van der Waals surface area contributed by atoms with Gasteiger partial charge in [-0.05, 0) is 25.8 Å². The van der Waals surface area contributed by atoms with Gasteiger partial charge in [0.2, 0.25) is 11.8 Å². The SMILES string of the molecule is C[C@H](C(=O)NC1CC1)N1CCN(C(=O)/C=C/c2cscn2)CC1. The zero-order valence-electron chi connectivity index (χ0n) is 13.3. The predicted octanol–water partition coefficient (Wildman–Crippen LogP) is 0.968. The molecule has 0 bridgehead atoms. The number of hydrogen-bond acceptors (Lipinski definition) is 5. The zero-order chi connectivity index (χ0) is 16.2. The Bertz CT molecular complexity index is 575. The smallest absolute Gasteiger partial charge is 0.246 e. The third kappa shape index (κ3) is 4.39. The summed E-state index contributed by atoms with van der Waals surface area (Å²) in [5.41, 5.74) is 2.56. The molecule has 1 aromatic rings. The van der Waals surface area contributed by atoms with Crippen LogP contribution in [0.5, 0.6) is 0 Å². The fraction of sp³-hybridized carbons (Fsp3) is 0.562. The monoisotopic (exact) mass is 334 g/mol. The van der Waals surface area contributed by atoms with E-state index in [0.29, 0.717) is 19.1 Å². The number of aromatic nitrogens is 1. The van der Waals surface area contributed by atoms with E-state index in [1.54, 1.807) is 17.7 Å². The lowest BCUT2D eigenvalue weighted by atomic mass is 10.2. The second-order valence-corrected chi connectivity index (χ2v) is 6.79. The van der Waals surface area contributed by atoms with Gasteiger partial charge in [0.25, 0.3) is 0 Å². The van der Waals surface area contributed by atoms with Crippen molar-refractivity contribution in [2.75, 3.05) is 26.2 Å². The molecule has 1 aliphatic heterocycles. The number of nitrogens with zero attached hydrogens (tertiary/aromatic N) is 3. The predicted molar refractivity (Wildman–Crippen MR) is 89.9 cm³/mol. The Morgan fingerprint density at radius 2 is 2.09 bits per heavy atom. The molecule has 7 heteroatoms. The highest BCUT2D eigenvalue weighted by Crippen LogP contribution is 2.19. The number of carbonyl (C=O) groups is 2. The van der Waals surface area contributed by atoms with Crippen LogP contribution in [0.3, 0.4) is 0 Å². The van der Waals surface area contributed by atoms with Crippen molar-refractivity contribution in [2.45, 2.75) is 31.8 Å². The fourth-order valence-electron chi connectivity index (χ4n) is 2.61. The number of amides is 2. The molecule has 124 valence electrons. The van der Waals surface area contributed by atoms with Crippen LogP contribution in [0, 0.1) is 0 Å². The molecule has 0 radical (unpaired) electrons. The first-order valence-corrected chi connectivity index (χ1v) is 8.97. The van der Waals surface area contributed by atoms with Crippen molar-refractivity contribution < 1.29 is 9.59 Å². The quantitative estimate of drug-likeness (QED) is 0.815. The molecular weight excluding hydrogens is 312 g/mol. The molecule has 0 aromatic carbocycles. The third-order valence-electron chi connectivity index (χ3n) is 4.32. The van der Waals surface area contributed by atoms with Gasteiger partial charge >= 0.3 is 0 Å². The molecule has 3 rings (SSSR count). The highest BCUT2D eigenvalue weighted by Gasteiger charge is 2.30. The Hall–Kier alpha value is -1.73. The van der Waals surface area contributed by atoms with Gasteiger partial charge in [-0.1, -0.05) is 0 Å². The van der Waals surface area contributed by atoms with Gasteiger partial charge < -0.3 is 10.2 Å². The van der Waals surface area contributed by atoms with Gasteiger partial charge in [-0.25, -0.2) is 4.98 Å². The van der Waals surface area contributed by atoms with E-state index in [4.69, 9.17) is 0 Å². The van der Waals surface area contributed by atoms with Crippen molar-refractivity contribution in [2.24, 2.45) is 0 Å². The summed E-state index contributed by atoms with van der Waals surface area (Å²) in [7, 11) is 0. The summed E-state index contributed by atoms with van der Waals surface area (Å²) < 4.78 is 0. The standard InChI is InChI=1S/C16H22N4O2S/c1-12(16(22)18-13-2-3-13)19-6-8-20(9-7-19)15(21)5-4-14-10-23-11-17-14/h4-5,10-13H,2-3,6-9H2,1H3,(H,18,22)/b5-4+/t12-/m1/s1. The lowest BCUT2D eigenvalue weighted by Crippen LogP contribution is -2.55. The van der Waals surface area contributed by atoms with Crippen molar-refractivity contribution in [3.63, 3.8) is 0 Å². The van der Waals surface area contributed by atoms with E-state index >= 15 is 0 Å². The number of nitrogens with one attached hydrogen (secondary N) is 1. The van der Waals surface area contributed by atoms with Crippen LogP contribution < -0.4 is 5.32 Å². The van der Waals surface area contributed by atoms with Gasteiger partial charge in [-0.15, -0.1) is 11.3 Å². The van der Waals surface area contributed by atoms with Gasteiger partial charge in [-0.2, -0.15) is 0 Å². The normalized spacial score (nSPS) is 20.7. The van der Waals surface area contributed by atoms with Crippen LogP contribution in [0.1, 0.15) is 25.5 Å². The summed E-state index contributed by atoms with van der Waals surface area (Å²) in [5.74, 6) is 0.114. The Balaban J connectivity index is 1.45. The van der Waals surface area contributed by atoms with Crippen LogP contribution in [0.15, 0.2) is 17.0 Å². The summed E-state index contributed by atoms with van der Waals surface area (Å²) in [5, 5.41) is 4.95. The molecule has 2 heterocycles. The molecule has 0 spiro atoms. The Morgan fingerprint density at radius 1 is 1.35 bits per heavy atom. The first-order chi connectivity index (χ1) is 11.1. The van der Waals surface area contributed by atoms with E-state index in [9.17, 15) is 9.59 Å². The van der Waals surface area contributed by atoms with E-state index in [1.165, 1.54) is 11.3 Å². The van der Waals surface area contributed by atoms with E-state index in [1.807, 2.05) is 17.2 Å². The minimum Gasteiger partial charge on any atom is -0.352 e. The van der Waals surface area contributed by atoms with Gasteiger partial charge in [-0.3, -0.25) is 14.5 Å². The summed E-state index contributed by atoms with van der Waals surface area (Å²) in [6.45, 7) is 4.71. The molecule has 6 nitrogen and oxygen atoms in total. The number of rotatable bonds is 5. The highest BCUT2D eigenvalue weighted by molar-refractivity contribution is 7.07. The van der Waals surface area contributed by atoms with E-state index in [-0.39, 0.29) is 17.9 Å². The Kier molecular flexibility index (Phi) is 5.07. The molecule has 1 N–H and O–H groups in total.